The molecule has 1 fully saturated rings. The number of hydrogen-bond acceptors (Lipinski definition) is 10. The first-order valence-corrected chi connectivity index (χ1v) is 41.8. The Kier molecular flexibility index (Phi) is 69.9. The van der Waals surface area contributed by atoms with Crippen LogP contribution in [-0.4, -0.2) is 100 Å². The van der Waals surface area contributed by atoms with Crippen molar-refractivity contribution < 1.29 is 49.3 Å². The smallest absolute Gasteiger partial charge is 0.305 e. The van der Waals surface area contributed by atoms with Crippen molar-refractivity contribution in [3.05, 3.63) is 36.5 Å². The number of amides is 1. The largest absolute Gasteiger partial charge is 0.466 e. The van der Waals surface area contributed by atoms with Crippen molar-refractivity contribution in [1.29, 1.82) is 0 Å². The van der Waals surface area contributed by atoms with Crippen LogP contribution in [-0.2, 0) is 23.8 Å². The molecule has 0 aromatic heterocycles. The lowest BCUT2D eigenvalue weighted by molar-refractivity contribution is -0.302. The molecule has 0 spiro atoms. The van der Waals surface area contributed by atoms with Crippen LogP contribution in [0.5, 0.6) is 0 Å². The molecule has 11 nitrogen and oxygen atoms in total. The molecule has 95 heavy (non-hydrogen) atoms. The number of aliphatic hydroxyl groups is 5. The van der Waals surface area contributed by atoms with Gasteiger partial charge in [0.2, 0.25) is 5.91 Å². The summed E-state index contributed by atoms with van der Waals surface area (Å²) in [4.78, 5) is 25.2. The predicted molar refractivity (Wildman–Crippen MR) is 403 cm³/mol. The molecule has 1 aliphatic heterocycles. The van der Waals surface area contributed by atoms with Crippen LogP contribution in [0.25, 0.3) is 0 Å². The molecule has 0 bridgehead atoms. The van der Waals surface area contributed by atoms with Gasteiger partial charge in [-0.15, -0.1) is 0 Å². The Morgan fingerprint density at radius 2 is 0.705 bits per heavy atom. The van der Waals surface area contributed by atoms with E-state index >= 15 is 0 Å². The standard InChI is InChI=1S/C84H159NO10/c1-3-5-7-9-11-13-15-17-46-50-54-58-62-66-70-77(87)76(75-94-84-83(92)82(91)81(90)78(74-86)95-84)85-79(88)71-67-63-59-55-51-47-44-42-40-38-36-34-32-30-28-26-24-22-20-19-21-23-25-27-29-31-33-35-37-39-41-43-45-49-53-57-61-65-69-73-93-80(89)72-68-64-60-56-52-48-18-16-14-12-10-8-6-4-2/h19-20,23,25,66,70,76-78,81-84,86-87,90-92H,3-18,21-22,24,26-65,67-69,71-75H2,1-2H3,(H,85,88)/b20-19-,25-23-,70-66+. The van der Waals surface area contributed by atoms with E-state index in [1.165, 1.54) is 340 Å². The molecular weight excluding hydrogens is 1180 g/mol. The van der Waals surface area contributed by atoms with Crippen LogP contribution in [0, 0.1) is 0 Å². The molecule has 0 aliphatic carbocycles. The molecule has 0 aromatic rings. The van der Waals surface area contributed by atoms with Gasteiger partial charge in [-0.2, -0.15) is 0 Å². The molecule has 560 valence electrons. The molecule has 1 aliphatic rings. The van der Waals surface area contributed by atoms with Gasteiger partial charge in [-0.05, 0) is 64.2 Å². The first kappa shape index (κ1) is 90.9. The second-order valence-corrected chi connectivity index (χ2v) is 29.2. The Morgan fingerprint density at radius 3 is 1.06 bits per heavy atom. The lowest BCUT2D eigenvalue weighted by Gasteiger charge is -2.40. The summed E-state index contributed by atoms with van der Waals surface area (Å²) >= 11 is 0. The van der Waals surface area contributed by atoms with Crippen molar-refractivity contribution in [3.8, 4) is 0 Å². The summed E-state index contributed by atoms with van der Waals surface area (Å²) < 4.78 is 16.8. The lowest BCUT2D eigenvalue weighted by atomic mass is 9.99. The highest BCUT2D eigenvalue weighted by Gasteiger charge is 2.44. The van der Waals surface area contributed by atoms with Crippen LogP contribution in [0.3, 0.4) is 0 Å². The predicted octanol–water partition coefficient (Wildman–Crippen LogP) is 22.9. The monoisotopic (exact) mass is 1340 g/mol. The Labute approximate surface area is 587 Å². The summed E-state index contributed by atoms with van der Waals surface area (Å²) in [5.74, 6) is -0.158. The van der Waals surface area contributed by atoms with Gasteiger partial charge in [0.15, 0.2) is 6.29 Å². The third-order valence-electron chi connectivity index (χ3n) is 20.0. The van der Waals surface area contributed by atoms with Crippen molar-refractivity contribution in [2.75, 3.05) is 19.8 Å². The molecule has 11 heteroatoms. The number of unbranched alkanes of at least 4 members (excludes halogenated alkanes) is 57. The highest BCUT2D eigenvalue weighted by Crippen LogP contribution is 2.24. The molecular formula is C84H159NO10. The van der Waals surface area contributed by atoms with Gasteiger partial charge in [0.1, 0.15) is 24.4 Å². The van der Waals surface area contributed by atoms with Gasteiger partial charge in [-0.3, -0.25) is 9.59 Å². The van der Waals surface area contributed by atoms with E-state index in [2.05, 4.69) is 43.5 Å². The summed E-state index contributed by atoms with van der Waals surface area (Å²) in [5, 5.41) is 54.6. The number of rotatable bonds is 75. The van der Waals surface area contributed by atoms with E-state index in [4.69, 9.17) is 14.2 Å². The summed E-state index contributed by atoms with van der Waals surface area (Å²) in [7, 11) is 0. The summed E-state index contributed by atoms with van der Waals surface area (Å²) in [6.07, 6.45) is 86.1. The molecule has 7 unspecified atom stereocenters. The summed E-state index contributed by atoms with van der Waals surface area (Å²) in [6, 6.07) is -0.808. The zero-order chi connectivity index (χ0) is 68.6. The molecule has 1 amide bonds. The second-order valence-electron chi connectivity index (χ2n) is 29.2. The molecule has 7 atom stereocenters. The Bertz CT molecular complexity index is 1670. The maximum absolute atomic E-state index is 13.1. The van der Waals surface area contributed by atoms with Crippen LogP contribution in [0.1, 0.15) is 425 Å². The van der Waals surface area contributed by atoms with Crippen LogP contribution < -0.4 is 5.32 Å². The number of allylic oxidation sites excluding steroid dienone is 5. The van der Waals surface area contributed by atoms with E-state index in [0.717, 1.165) is 57.8 Å². The van der Waals surface area contributed by atoms with E-state index in [9.17, 15) is 35.1 Å². The van der Waals surface area contributed by atoms with Gasteiger partial charge in [0.25, 0.3) is 0 Å². The number of aliphatic hydroxyl groups excluding tert-OH is 5. The normalized spacial score (nSPS) is 17.5. The molecule has 1 rings (SSSR count). The van der Waals surface area contributed by atoms with E-state index in [0.29, 0.717) is 19.4 Å². The first-order valence-electron chi connectivity index (χ1n) is 41.8. The van der Waals surface area contributed by atoms with Gasteiger partial charge < -0.3 is 45.1 Å². The number of carbonyl (C=O) groups is 2. The van der Waals surface area contributed by atoms with Crippen molar-refractivity contribution in [2.24, 2.45) is 0 Å². The van der Waals surface area contributed by atoms with Crippen molar-refractivity contribution >= 4 is 11.9 Å². The molecule has 1 heterocycles. The maximum Gasteiger partial charge on any atom is 0.305 e. The molecule has 1 saturated heterocycles. The minimum absolute atomic E-state index is 0.0177. The van der Waals surface area contributed by atoms with Crippen LogP contribution >= 0.6 is 0 Å². The highest BCUT2D eigenvalue weighted by molar-refractivity contribution is 5.76. The number of nitrogens with one attached hydrogen (secondary N) is 1. The van der Waals surface area contributed by atoms with E-state index in [1.54, 1.807) is 6.08 Å². The molecule has 0 saturated carbocycles. The molecule has 0 aromatic carbocycles. The van der Waals surface area contributed by atoms with Gasteiger partial charge >= 0.3 is 5.97 Å². The Balaban J connectivity index is 1.90. The summed E-state index contributed by atoms with van der Waals surface area (Å²) in [5.41, 5.74) is 0. The topological polar surface area (TPSA) is 175 Å². The zero-order valence-corrected chi connectivity index (χ0v) is 62.7. The first-order chi connectivity index (χ1) is 46.7. The second kappa shape index (κ2) is 73.1. The fraction of sp³-hybridized carbons (Fsp3) is 0.905. The average molecular weight is 1340 g/mol. The van der Waals surface area contributed by atoms with E-state index in [1.807, 2.05) is 6.08 Å². The third kappa shape index (κ3) is 61.5. The number of ether oxygens (including phenoxy) is 3. The van der Waals surface area contributed by atoms with Crippen LogP contribution in [0.15, 0.2) is 36.5 Å². The number of hydrogen-bond donors (Lipinski definition) is 6. The summed E-state index contributed by atoms with van der Waals surface area (Å²) in [6.45, 7) is 4.41. The zero-order valence-electron chi connectivity index (χ0n) is 62.7. The quantitative estimate of drug-likeness (QED) is 0.0195. The lowest BCUT2D eigenvalue weighted by Crippen LogP contribution is -2.60. The number of esters is 1. The van der Waals surface area contributed by atoms with Gasteiger partial charge in [-0.25, -0.2) is 0 Å². The fourth-order valence-corrected chi connectivity index (χ4v) is 13.5. The SMILES string of the molecule is CCCCCCCCCCCCCC/C=C/C(O)C(COC1OC(CO)C(O)C(O)C1O)NC(=O)CCCCCCCCCCCCCCCCCCC/C=C\C/C=C\CCCCCCCCCCCCCCCCCOC(=O)CCCCCCCCCCCCCCCC. The van der Waals surface area contributed by atoms with Gasteiger partial charge in [0, 0.05) is 12.8 Å². The fourth-order valence-electron chi connectivity index (χ4n) is 13.5. The average Bonchev–Trinajstić information content (AvgIpc) is 0.929. The maximum atomic E-state index is 13.1. The van der Waals surface area contributed by atoms with E-state index < -0.39 is 49.5 Å². The Morgan fingerprint density at radius 1 is 0.389 bits per heavy atom. The minimum Gasteiger partial charge on any atom is -0.466 e. The van der Waals surface area contributed by atoms with Crippen molar-refractivity contribution in [3.63, 3.8) is 0 Å². The molecule has 0 radical (unpaired) electrons. The van der Waals surface area contributed by atoms with Gasteiger partial charge in [-0.1, -0.05) is 384 Å². The van der Waals surface area contributed by atoms with Crippen LogP contribution in [0.4, 0.5) is 0 Å². The van der Waals surface area contributed by atoms with Gasteiger partial charge in [0.05, 0.1) is 32.0 Å². The van der Waals surface area contributed by atoms with E-state index in [-0.39, 0.29) is 18.5 Å². The van der Waals surface area contributed by atoms with Crippen LogP contribution in [0.2, 0.25) is 0 Å². The number of carbonyl (C=O) groups excluding carboxylic acids is 2. The third-order valence-corrected chi connectivity index (χ3v) is 20.0. The van der Waals surface area contributed by atoms with Crippen molar-refractivity contribution in [1.82, 2.24) is 5.32 Å². The Hall–Kier alpha value is -2.12. The molecule has 6 N–H and O–H groups in total. The minimum atomic E-state index is -1.57. The highest BCUT2D eigenvalue weighted by atomic mass is 16.7. The van der Waals surface area contributed by atoms with Crippen molar-refractivity contribution in [2.45, 2.75) is 468 Å².